The summed E-state index contributed by atoms with van der Waals surface area (Å²) in [5.41, 5.74) is 0.108. The minimum Gasteiger partial charge on any atom is -0.480 e. The minimum absolute atomic E-state index is 0.0178. The van der Waals surface area contributed by atoms with Gasteiger partial charge in [-0.2, -0.15) is 4.98 Å². The van der Waals surface area contributed by atoms with Gasteiger partial charge in [-0.15, -0.1) is 0 Å². The Bertz CT molecular complexity index is 546. The molecule has 0 unspecified atom stereocenters. The highest BCUT2D eigenvalue weighted by Crippen LogP contribution is 2.19. The molecule has 9 nitrogen and oxygen atoms in total. The van der Waals surface area contributed by atoms with Crippen molar-refractivity contribution in [2.45, 2.75) is 6.92 Å². The van der Waals surface area contributed by atoms with Crippen molar-refractivity contribution in [3.8, 4) is 5.88 Å². The highest BCUT2D eigenvalue weighted by atomic mass is 16.5. The summed E-state index contributed by atoms with van der Waals surface area (Å²) in [6.07, 6.45) is -0.881. The van der Waals surface area contributed by atoms with Crippen molar-refractivity contribution in [3.05, 3.63) is 17.7 Å². The lowest BCUT2D eigenvalue weighted by atomic mass is 10.2. The largest absolute Gasteiger partial charge is 0.480 e. The lowest BCUT2D eigenvalue weighted by Gasteiger charge is -2.09. The zero-order chi connectivity index (χ0) is 15.8. The minimum atomic E-state index is -0.881. The van der Waals surface area contributed by atoms with Crippen LogP contribution in [0.2, 0.25) is 0 Å². The fraction of sp³-hybridized carbons (Fsp3) is 0.333. The van der Waals surface area contributed by atoms with E-state index in [2.05, 4.69) is 19.8 Å². The molecular formula is C12H15N3O6. The van der Waals surface area contributed by atoms with E-state index in [-0.39, 0.29) is 23.9 Å². The summed E-state index contributed by atoms with van der Waals surface area (Å²) in [7, 11) is 2.54. The molecule has 114 valence electrons. The number of nitrogens with one attached hydrogen (secondary N) is 2. The van der Waals surface area contributed by atoms with Crippen LogP contribution in [0.4, 0.5) is 15.4 Å². The summed E-state index contributed by atoms with van der Waals surface area (Å²) in [4.78, 5) is 37.9. The quantitative estimate of drug-likeness (QED) is 0.801. The van der Waals surface area contributed by atoms with Crippen molar-refractivity contribution >= 4 is 23.9 Å². The van der Waals surface area contributed by atoms with Gasteiger partial charge in [-0.3, -0.25) is 5.32 Å². The average molecular weight is 297 g/mol. The number of pyridine rings is 1. The number of rotatable bonds is 4. The zero-order valence-electron chi connectivity index (χ0n) is 11.8. The van der Waals surface area contributed by atoms with E-state index in [1.54, 1.807) is 6.92 Å². The number of imide groups is 1. The van der Waals surface area contributed by atoms with E-state index in [9.17, 15) is 14.4 Å². The van der Waals surface area contributed by atoms with Gasteiger partial charge in [0, 0.05) is 0 Å². The summed E-state index contributed by atoms with van der Waals surface area (Å²) in [6.45, 7) is 1.74. The van der Waals surface area contributed by atoms with Crippen molar-refractivity contribution in [3.63, 3.8) is 0 Å². The summed E-state index contributed by atoms with van der Waals surface area (Å²) in [5.74, 6) is -0.557. The van der Waals surface area contributed by atoms with Crippen LogP contribution in [0, 0.1) is 0 Å². The third-order valence-electron chi connectivity index (χ3n) is 2.19. The van der Waals surface area contributed by atoms with Gasteiger partial charge in [0.05, 0.1) is 20.8 Å². The standard InChI is InChI=1S/C12H15N3O6/c1-4-21-12(18)15-11(17)14-8-6-5-7(10(16)20-3)9(13-8)19-2/h5-6H,4H2,1-3H3,(H2,13,14,15,17,18). The van der Waals surface area contributed by atoms with Crippen molar-refractivity contribution in [2.75, 3.05) is 26.1 Å². The SMILES string of the molecule is CCOC(=O)NC(=O)Nc1ccc(C(=O)OC)c(OC)n1. The molecule has 21 heavy (non-hydrogen) atoms. The van der Waals surface area contributed by atoms with Crippen LogP contribution in [0.15, 0.2) is 12.1 Å². The number of anilines is 1. The number of hydrogen-bond acceptors (Lipinski definition) is 7. The highest BCUT2D eigenvalue weighted by Gasteiger charge is 2.16. The first-order chi connectivity index (χ1) is 10.0. The monoisotopic (exact) mass is 297 g/mol. The number of aromatic nitrogens is 1. The molecule has 0 aliphatic heterocycles. The Morgan fingerprint density at radius 3 is 2.52 bits per heavy atom. The Balaban J connectivity index is 2.79. The number of amides is 3. The maximum Gasteiger partial charge on any atom is 0.415 e. The molecule has 1 rings (SSSR count). The lowest BCUT2D eigenvalue weighted by molar-refractivity contribution is 0.0596. The molecule has 0 spiro atoms. The maximum atomic E-state index is 11.5. The van der Waals surface area contributed by atoms with Gasteiger partial charge in [0.25, 0.3) is 0 Å². The number of hydrogen-bond donors (Lipinski definition) is 2. The fourth-order valence-electron chi connectivity index (χ4n) is 1.34. The number of methoxy groups -OCH3 is 2. The summed E-state index contributed by atoms with van der Waals surface area (Å²) < 4.78 is 14.0. The van der Waals surface area contributed by atoms with Crippen molar-refractivity contribution < 1.29 is 28.6 Å². The first kappa shape index (κ1) is 16.2. The molecule has 1 aromatic rings. The molecule has 1 aromatic heterocycles. The molecule has 0 radical (unpaired) electrons. The molecule has 0 saturated carbocycles. The molecule has 0 fully saturated rings. The molecule has 1 heterocycles. The Morgan fingerprint density at radius 2 is 1.95 bits per heavy atom. The molecule has 0 aromatic carbocycles. The molecule has 0 saturated heterocycles. The van der Waals surface area contributed by atoms with Crippen molar-refractivity contribution in [1.29, 1.82) is 0 Å². The maximum absolute atomic E-state index is 11.5. The number of ether oxygens (including phenoxy) is 3. The molecule has 0 atom stereocenters. The van der Waals surface area contributed by atoms with Crippen LogP contribution in [0.25, 0.3) is 0 Å². The predicted molar refractivity (Wildman–Crippen MR) is 71.3 cm³/mol. The third-order valence-corrected chi connectivity index (χ3v) is 2.19. The Kier molecular flexibility index (Phi) is 5.93. The van der Waals surface area contributed by atoms with Gasteiger partial charge in [-0.05, 0) is 19.1 Å². The summed E-state index contributed by atoms with van der Waals surface area (Å²) >= 11 is 0. The van der Waals surface area contributed by atoms with Gasteiger partial charge in [0.15, 0.2) is 0 Å². The predicted octanol–water partition coefficient (Wildman–Crippen LogP) is 1.15. The lowest BCUT2D eigenvalue weighted by Crippen LogP contribution is -2.35. The molecule has 0 bridgehead atoms. The van der Waals surface area contributed by atoms with Gasteiger partial charge >= 0.3 is 18.1 Å². The van der Waals surface area contributed by atoms with Gasteiger partial charge in [0.2, 0.25) is 5.88 Å². The van der Waals surface area contributed by atoms with Gasteiger partial charge < -0.3 is 14.2 Å². The molecular weight excluding hydrogens is 282 g/mol. The second-order valence-corrected chi connectivity index (χ2v) is 3.54. The van der Waals surface area contributed by atoms with Gasteiger partial charge in [-0.25, -0.2) is 19.7 Å². The van der Waals surface area contributed by atoms with E-state index < -0.39 is 18.1 Å². The third kappa shape index (κ3) is 4.64. The number of carbonyl (C=O) groups is 3. The van der Waals surface area contributed by atoms with Crippen LogP contribution in [0.3, 0.4) is 0 Å². The number of carbonyl (C=O) groups excluding carboxylic acids is 3. The van der Waals surface area contributed by atoms with E-state index in [0.717, 1.165) is 0 Å². The first-order valence-electron chi connectivity index (χ1n) is 5.89. The van der Waals surface area contributed by atoms with Gasteiger partial charge in [0.1, 0.15) is 11.4 Å². The Labute approximate surface area is 120 Å². The van der Waals surface area contributed by atoms with Crippen LogP contribution in [0.5, 0.6) is 5.88 Å². The molecule has 0 aliphatic rings. The van der Waals surface area contributed by atoms with E-state index in [4.69, 9.17) is 4.74 Å². The molecule has 3 amide bonds. The Hall–Kier alpha value is -2.84. The van der Waals surface area contributed by atoms with E-state index in [0.29, 0.717) is 0 Å². The molecule has 0 aliphatic carbocycles. The van der Waals surface area contributed by atoms with E-state index >= 15 is 0 Å². The first-order valence-corrected chi connectivity index (χ1v) is 5.89. The van der Waals surface area contributed by atoms with Crippen LogP contribution in [-0.2, 0) is 9.47 Å². The molecule has 2 N–H and O–H groups in total. The smallest absolute Gasteiger partial charge is 0.415 e. The Morgan fingerprint density at radius 1 is 1.24 bits per heavy atom. The summed E-state index contributed by atoms with van der Waals surface area (Å²) in [6, 6.07) is 1.91. The van der Waals surface area contributed by atoms with Crippen LogP contribution < -0.4 is 15.4 Å². The average Bonchev–Trinajstić information content (AvgIpc) is 2.46. The van der Waals surface area contributed by atoms with Gasteiger partial charge in [-0.1, -0.05) is 0 Å². The van der Waals surface area contributed by atoms with E-state index in [1.807, 2.05) is 5.32 Å². The van der Waals surface area contributed by atoms with Crippen LogP contribution >= 0.6 is 0 Å². The number of esters is 1. The fourth-order valence-corrected chi connectivity index (χ4v) is 1.34. The van der Waals surface area contributed by atoms with E-state index in [1.165, 1.54) is 26.4 Å². The second-order valence-electron chi connectivity index (χ2n) is 3.54. The molecule has 9 heteroatoms. The van der Waals surface area contributed by atoms with Crippen molar-refractivity contribution in [2.24, 2.45) is 0 Å². The topological polar surface area (TPSA) is 116 Å². The normalized spacial score (nSPS) is 9.48. The summed E-state index contributed by atoms with van der Waals surface area (Å²) in [5, 5.41) is 4.23. The number of urea groups is 1. The van der Waals surface area contributed by atoms with Crippen LogP contribution in [0.1, 0.15) is 17.3 Å². The highest BCUT2D eigenvalue weighted by molar-refractivity contribution is 5.99. The zero-order valence-corrected chi connectivity index (χ0v) is 11.8. The number of nitrogens with zero attached hydrogens (tertiary/aromatic N) is 1. The number of alkyl carbamates (subject to hydrolysis) is 1. The van der Waals surface area contributed by atoms with Crippen LogP contribution in [-0.4, -0.2) is 43.9 Å². The van der Waals surface area contributed by atoms with Crippen molar-refractivity contribution in [1.82, 2.24) is 10.3 Å². The second kappa shape index (κ2) is 7.68.